The lowest BCUT2D eigenvalue weighted by Crippen LogP contribution is -1.92. The second-order valence-corrected chi connectivity index (χ2v) is 11.0. The molecule has 0 aliphatic heterocycles. The average Bonchev–Trinajstić information content (AvgIpc) is 3.59. The van der Waals surface area contributed by atoms with Gasteiger partial charge in [-0.25, -0.2) is 0 Å². The van der Waals surface area contributed by atoms with Crippen LogP contribution in [0.15, 0.2) is 132 Å². The Morgan fingerprint density at radius 3 is 2.10 bits per heavy atom. The maximum absolute atomic E-state index is 9.77. The maximum atomic E-state index is 9.77. The van der Waals surface area contributed by atoms with Crippen LogP contribution >= 0.6 is 11.3 Å². The molecule has 0 fully saturated rings. The Hall–Kier alpha value is -5.17. The molecule has 3 heteroatoms. The van der Waals surface area contributed by atoms with E-state index < -0.39 is 0 Å². The third kappa shape index (κ3) is 3.41. The van der Waals surface area contributed by atoms with Crippen LogP contribution in [0.4, 0.5) is 0 Å². The summed E-state index contributed by atoms with van der Waals surface area (Å²) >= 11 is 1.83. The molecule has 0 saturated carbocycles. The molecule has 0 atom stereocenters. The molecular formula is C37H21NOS. The highest BCUT2D eigenvalue weighted by Crippen LogP contribution is 2.47. The van der Waals surface area contributed by atoms with E-state index in [1.807, 2.05) is 47.7 Å². The number of nitriles is 1. The van der Waals surface area contributed by atoms with Crippen LogP contribution in [0.3, 0.4) is 0 Å². The van der Waals surface area contributed by atoms with Gasteiger partial charge in [-0.1, -0.05) is 97.1 Å². The SMILES string of the molecule is N#Cc1cccc(-c2c(-c3cccc4c3sc3ccccc34)cccc2-c2cccc3oc4ccccc4c23)c1. The minimum atomic E-state index is 0.644. The van der Waals surface area contributed by atoms with Crippen molar-refractivity contribution < 1.29 is 4.42 Å². The van der Waals surface area contributed by atoms with Crippen molar-refractivity contribution in [3.8, 4) is 39.4 Å². The van der Waals surface area contributed by atoms with Gasteiger partial charge in [-0.2, -0.15) is 5.26 Å². The number of furan rings is 1. The molecule has 0 amide bonds. The third-order valence-electron chi connectivity index (χ3n) is 7.73. The van der Waals surface area contributed by atoms with Crippen molar-refractivity contribution >= 4 is 53.4 Å². The Balaban J connectivity index is 1.50. The number of hydrogen-bond donors (Lipinski definition) is 0. The minimum absolute atomic E-state index is 0.644. The zero-order chi connectivity index (χ0) is 26.6. The molecule has 0 spiro atoms. The monoisotopic (exact) mass is 527 g/mol. The number of hydrogen-bond acceptors (Lipinski definition) is 3. The zero-order valence-corrected chi connectivity index (χ0v) is 22.2. The Morgan fingerprint density at radius 1 is 0.550 bits per heavy atom. The van der Waals surface area contributed by atoms with Gasteiger partial charge in [0.25, 0.3) is 0 Å². The van der Waals surface area contributed by atoms with E-state index >= 15 is 0 Å². The first-order valence-electron chi connectivity index (χ1n) is 13.2. The van der Waals surface area contributed by atoms with E-state index in [1.54, 1.807) is 0 Å². The van der Waals surface area contributed by atoms with Gasteiger partial charge >= 0.3 is 0 Å². The molecule has 186 valence electrons. The molecule has 2 heterocycles. The molecule has 0 bridgehead atoms. The lowest BCUT2D eigenvalue weighted by Gasteiger charge is -2.17. The predicted octanol–water partition coefficient (Wildman–Crippen LogP) is 10.8. The summed E-state index contributed by atoms with van der Waals surface area (Å²) in [6, 6.07) is 46.6. The van der Waals surface area contributed by atoms with Crippen LogP contribution < -0.4 is 0 Å². The molecule has 0 saturated heterocycles. The van der Waals surface area contributed by atoms with E-state index in [1.165, 1.54) is 25.7 Å². The molecule has 0 N–H and O–H groups in total. The van der Waals surface area contributed by atoms with E-state index in [0.717, 1.165) is 49.8 Å². The van der Waals surface area contributed by atoms with Crippen LogP contribution in [0.2, 0.25) is 0 Å². The molecule has 6 aromatic carbocycles. The molecule has 0 unspecified atom stereocenters. The minimum Gasteiger partial charge on any atom is -0.456 e. The molecule has 40 heavy (non-hydrogen) atoms. The van der Waals surface area contributed by atoms with Crippen molar-refractivity contribution in [2.45, 2.75) is 0 Å². The molecular weight excluding hydrogens is 506 g/mol. The van der Waals surface area contributed by atoms with Crippen LogP contribution in [0, 0.1) is 11.3 Å². The maximum Gasteiger partial charge on any atom is 0.136 e. The van der Waals surface area contributed by atoms with E-state index in [2.05, 4.69) is 97.1 Å². The molecule has 2 nitrogen and oxygen atoms in total. The summed E-state index contributed by atoms with van der Waals surface area (Å²) in [5.74, 6) is 0. The van der Waals surface area contributed by atoms with Crippen LogP contribution in [-0.2, 0) is 0 Å². The number of fused-ring (bicyclic) bond motifs is 6. The largest absolute Gasteiger partial charge is 0.456 e. The lowest BCUT2D eigenvalue weighted by molar-refractivity contribution is 0.669. The smallest absolute Gasteiger partial charge is 0.136 e. The van der Waals surface area contributed by atoms with E-state index in [9.17, 15) is 5.26 Å². The quantitative estimate of drug-likeness (QED) is 0.229. The van der Waals surface area contributed by atoms with Crippen LogP contribution in [0.5, 0.6) is 0 Å². The van der Waals surface area contributed by atoms with E-state index in [4.69, 9.17) is 4.42 Å². The Labute approximate surface area is 235 Å². The number of thiophene rings is 1. The van der Waals surface area contributed by atoms with Crippen molar-refractivity contribution in [2.75, 3.05) is 0 Å². The number of rotatable bonds is 3. The standard InChI is InChI=1S/C37H21NOS/c38-22-23-9-5-10-24(21-23)35-26(27-15-8-19-33-36(27)31-12-1-3-18-32(31)39-33)13-6-14-28(35)30-17-7-16-29-25-11-2-4-20-34(25)40-37(29)30/h1-21H. The van der Waals surface area contributed by atoms with Crippen LogP contribution in [0.1, 0.15) is 5.56 Å². The van der Waals surface area contributed by atoms with Gasteiger partial charge in [-0.3, -0.25) is 0 Å². The summed E-state index contributed by atoms with van der Waals surface area (Å²) in [7, 11) is 0. The zero-order valence-electron chi connectivity index (χ0n) is 21.4. The topological polar surface area (TPSA) is 36.9 Å². The summed E-state index contributed by atoms with van der Waals surface area (Å²) in [6.07, 6.45) is 0. The molecule has 2 aromatic heterocycles. The summed E-state index contributed by atoms with van der Waals surface area (Å²) in [5.41, 5.74) is 9.10. The third-order valence-corrected chi connectivity index (χ3v) is 8.95. The number of benzene rings is 6. The first kappa shape index (κ1) is 22.8. The first-order chi connectivity index (χ1) is 19.8. The van der Waals surface area contributed by atoms with Gasteiger partial charge in [0.2, 0.25) is 0 Å². The number of para-hydroxylation sites is 1. The summed E-state index contributed by atoms with van der Waals surface area (Å²) in [5, 5.41) is 14.5. The average molecular weight is 528 g/mol. The summed E-state index contributed by atoms with van der Waals surface area (Å²) in [6.45, 7) is 0. The second-order valence-electron chi connectivity index (χ2n) is 9.98. The van der Waals surface area contributed by atoms with Crippen molar-refractivity contribution in [1.82, 2.24) is 0 Å². The Morgan fingerprint density at radius 2 is 1.20 bits per heavy atom. The van der Waals surface area contributed by atoms with Gasteiger partial charge in [0.1, 0.15) is 11.2 Å². The van der Waals surface area contributed by atoms with Crippen molar-refractivity contribution in [2.24, 2.45) is 0 Å². The summed E-state index contributed by atoms with van der Waals surface area (Å²) in [4.78, 5) is 0. The van der Waals surface area contributed by atoms with Crippen molar-refractivity contribution in [1.29, 1.82) is 5.26 Å². The Bertz CT molecular complexity index is 2300. The molecule has 8 rings (SSSR count). The fourth-order valence-electron chi connectivity index (χ4n) is 6.01. The van der Waals surface area contributed by atoms with Crippen molar-refractivity contribution in [3.05, 3.63) is 133 Å². The molecule has 8 aromatic rings. The first-order valence-corrected chi connectivity index (χ1v) is 14.1. The van der Waals surface area contributed by atoms with Gasteiger partial charge in [0.05, 0.1) is 11.6 Å². The van der Waals surface area contributed by atoms with Crippen LogP contribution in [-0.4, -0.2) is 0 Å². The second kappa shape index (κ2) is 8.95. The molecule has 0 aliphatic carbocycles. The van der Waals surface area contributed by atoms with Crippen molar-refractivity contribution in [3.63, 3.8) is 0 Å². The van der Waals surface area contributed by atoms with Gasteiger partial charge in [0.15, 0.2) is 0 Å². The normalized spacial score (nSPS) is 11.5. The molecule has 0 radical (unpaired) electrons. The molecule has 0 aliphatic rings. The predicted molar refractivity (Wildman–Crippen MR) is 168 cm³/mol. The van der Waals surface area contributed by atoms with Gasteiger partial charge in [-0.05, 0) is 58.1 Å². The highest BCUT2D eigenvalue weighted by Gasteiger charge is 2.20. The highest BCUT2D eigenvalue weighted by atomic mass is 32.1. The fraction of sp³-hybridized carbons (Fsp3) is 0. The van der Waals surface area contributed by atoms with E-state index in [0.29, 0.717) is 5.56 Å². The number of nitrogens with zero attached hydrogens (tertiary/aromatic N) is 1. The Kier molecular flexibility index (Phi) is 5.10. The van der Waals surface area contributed by atoms with E-state index in [-0.39, 0.29) is 0 Å². The van der Waals surface area contributed by atoms with Gasteiger partial charge in [0, 0.05) is 36.5 Å². The summed E-state index contributed by atoms with van der Waals surface area (Å²) < 4.78 is 8.81. The van der Waals surface area contributed by atoms with Crippen LogP contribution in [0.25, 0.3) is 75.5 Å². The fourth-order valence-corrected chi connectivity index (χ4v) is 7.25. The highest BCUT2D eigenvalue weighted by molar-refractivity contribution is 7.26. The van der Waals surface area contributed by atoms with Gasteiger partial charge in [-0.15, -0.1) is 11.3 Å². The van der Waals surface area contributed by atoms with Gasteiger partial charge < -0.3 is 4.42 Å². The lowest BCUT2D eigenvalue weighted by atomic mass is 9.85.